The molecule has 0 saturated carbocycles. The highest BCUT2D eigenvalue weighted by atomic mass is 32.1. The first-order chi connectivity index (χ1) is 51.5. The predicted octanol–water partition coefficient (Wildman–Crippen LogP) is -9.62. The predicted molar refractivity (Wildman–Crippen MR) is 399 cm³/mol. The standard InChI is InChI=1S/C58H89N15O30S7/c59-23(52(90)91)1-8-37(74)62-31(17-105)46(84)68-25(54(94)95)3-10-39(76)64-33(19-107)48(86)70-27(56(98)99)5-12-41(78)66-35(21-109)50(88)72-29(58(102)103)7-14-43(80)67-36(22-110)51(89)73-28(57(100)101)6-13-42(79)65-34(20-108)49(87)71-26(55(96)97)4-11-40(77)63-32(18-106)47(85)69-24(53(92)93)2-9-38(75)61-30(16-104)45(83)60-15-44(81)82/h23-36,104-110H,1-22,59H2,(H,60,83)(H,61,75)(H,62,74)(H,63,77)(H,64,76)(H,65,79)(H,66,78)(H,67,80)(H,68,84)(H,69,85)(H,70,86)(H,71,87)(H,72,88)(H,73,89)(H,81,82)(H,90,91)(H,92,93)(H,94,95)(H,96,97)(H,98,99)(H,100,101)(H,102,103)/t23-,24-,25-,26-,27-,28-,29-,30-,31-,32-,33-,34-,35-,36-/m0/s1. The molecule has 618 valence electrons. The van der Waals surface area contributed by atoms with Gasteiger partial charge < -0.3 is 121 Å². The van der Waals surface area contributed by atoms with E-state index in [0.717, 1.165) is 0 Å². The summed E-state index contributed by atoms with van der Waals surface area (Å²) in [5, 5.41) is 107. The van der Waals surface area contributed by atoms with Gasteiger partial charge in [-0.3, -0.25) is 76.7 Å². The Balaban J connectivity index is 5.51. The zero-order chi connectivity index (χ0) is 84.2. The van der Waals surface area contributed by atoms with Crippen LogP contribution in [0.2, 0.25) is 0 Å². The van der Waals surface area contributed by atoms with Crippen molar-refractivity contribution in [1.29, 1.82) is 0 Å². The van der Waals surface area contributed by atoms with E-state index >= 15 is 0 Å². The number of carbonyl (C=O) groups excluding carboxylic acids is 14. The molecule has 0 aromatic carbocycles. The molecule has 0 aromatic heterocycles. The van der Waals surface area contributed by atoms with Crippen LogP contribution in [0.25, 0.3) is 0 Å². The van der Waals surface area contributed by atoms with E-state index in [1.807, 2.05) is 5.32 Å². The second kappa shape index (κ2) is 53.6. The summed E-state index contributed by atoms with van der Waals surface area (Å²) in [5.74, 6) is -30.3. The number of hydrogen-bond donors (Lipinski definition) is 30. The average molecular weight is 1700 g/mol. The molecule has 14 atom stereocenters. The van der Waals surface area contributed by atoms with Crippen molar-refractivity contribution in [1.82, 2.24) is 74.4 Å². The van der Waals surface area contributed by atoms with Crippen molar-refractivity contribution in [2.45, 2.75) is 174 Å². The van der Waals surface area contributed by atoms with Crippen LogP contribution in [-0.4, -0.2) is 303 Å². The van der Waals surface area contributed by atoms with E-state index < -0.39 is 334 Å². The summed E-state index contributed by atoms with van der Waals surface area (Å²) < 4.78 is 0. The summed E-state index contributed by atoms with van der Waals surface area (Å²) >= 11 is 27.9. The van der Waals surface area contributed by atoms with Gasteiger partial charge in [0.1, 0.15) is 91.1 Å². The Morgan fingerprint density at radius 2 is 0.373 bits per heavy atom. The molecule has 0 fully saturated rings. The average Bonchev–Trinajstić information content (AvgIpc) is 0.892. The number of hydrogen-bond acceptors (Lipinski definition) is 30. The van der Waals surface area contributed by atoms with Crippen LogP contribution in [0.1, 0.15) is 89.9 Å². The second-order valence-corrected chi connectivity index (χ2v) is 25.9. The molecule has 45 nitrogen and oxygen atoms in total. The highest BCUT2D eigenvalue weighted by molar-refractivity contribution is 7.81. The lowest BCUT2D eigenvalue weighted by atomic mass is 10.1. The van der Waals surface area contributed by atoms with Gasteiger partial charge in [-0.15, -0.1) is 0 Å². The van der Waals surface area contributed by atoms with E-state index in [0.29, 0.717) is 0 Å². The van der Waals surface area contributed by atoms with Crippen LogP contribution in [0.4, 0.5) is 0 Å². The van der Waals surface area contributed by atoms with E-state index in [-0.39, 0.29) is 17.9 Å². The third-order valence-corrected chi connectivity index (χ3v) is 17.5. The van der Waals surface area contributed by atoms with Gasteiger partial charge >= 0.3 is 47.8 Å². The first kappa shape index (κ1) is 101. The normalized spacial score (nSPS) is 14.7. The lowest BCUT2D eigenvalue weighted by Gasteiger charge is -2.23. The van der Waals surface area contributed by atoms with Crippen molar-refractivity contribution in [2.75, 3.05) is 46.8 Å². The van der Waals surface area contributed by atoms with Crippen molar-refractivity contribution in [3.05, 3.63) is 0 Å². The van der Waals surface area contributed by atoms with Gasteiger partial charge in [-0.1, -0.05) is 0 Å². The van der Waals surface area contributed by atoms with Crippen molar-refractivity contribution in [3.8, 4) is 0 Å². The third kappa shape index (κ3) is 40.4. The van der Waals surface area contributed by atoms with Crippen LogP contribution in [-0.2, 0) is 105 Å². The number of carboxylic acids is 8. The number of carbonyl (C=O) groups is 22. The van der Waals surface area contributed by atoms with Gasteiger partial charge in [0, 0.05) is 85.2 Å². The van der Waals surface area contributed by atoms with E-state index in [9.17, 15) is 136 Å². The van der Waals surface area contributed by atoms with E-state index in [2.05, 4.69) is 158 Å². The molecule has 110 heavy (non-hydrogen) atoms. The lowest BCUT2D eigenvalue weighted by Crippen LogP contribution is -2.54. The van der Waals surface area contributed by atoms with E-state index in [1.54, 1.807) is 0 Å². The van der Waals surface area contributed by atoms with Crippen molar-refractivity contribution >= 4 is 219 Å². The lowest BCUT2D eigenvalue weighted by molar-refractivity contribution is -0.143. The summed E-state index contributed by atoms with van der Waals surface area (Å²) in [6.45, 7) is -0.767. The number of nitrogens with two attached hydrogens (primary N) is 1. The number of thiol groups is 7. The maximum Gasteiger partial charge on any atom is 0.326 e. The molecule has 0 unspecified atom stereocenters. The molecule has 0 saturated heterocycles. The van der Waals surface area contributed by atoms with Gasteiger partial charge in [-0.25, -0.2) is 28.8 Å². The Labute approximate surface area is 663 Å². The minimum absolute atomic E-state index is 0.272. The highest BCUT2D eigenvalue weighted by Gasteiger charge is 2.35. The van der Waals surface area contributed by atoms with Gasteiger partial charge in [0.2, 0.25) is 82.7 Å². The van der Waals surface area contributed by atoms with Crippen molar-refractivity contribution in [2.24, 2.45) is 5.73 Å². The van der Waals surface area contributed by atoms with Gasteiger partial charge in [0.15, 0.2) is 0 Å². The Hall–Kier alpha value is -9.25. The molecular formula is C58H89N15O30S7. The molecular weight excluding hydrogens is 1610 g/mol. The summed E-state index contributed by atoms with van der Waals surface area (Å²) in [6.07, 6.45) is -8.62. The third-order valence-electron chi connectivity index (χ3n) is 14.9. The number of rotatable bonds is 57. The fourth-order valence-corrected chi connectivity index (χ4v) is 10.6. The largest absolute Gasteiger partial charge is 0.480 e. The highest BCUT2D eigenvalue weighted by Crippen LogP contribution is 2.10. The van der Waals surface area contributed by atoms with E-state index in [1.165, 1.54) is 0 Å². The van der Waals surface area contributed by atoms with Crippen LogP contribution in [0.5, 0.6) is 0 Å². The molecule has 0 aliphatic rings. The van der Waals surface area contributed by atoms with Crippen molar-refractivity contribution < 1.29 is 146 Å². The molecule has 0 radical (unpaired) electrons. The Morgan fingerprint density at radius 3 is 0.509 bits per heavy atom. The molecule has 14 amide bonds. The maximum atomic E-state index is 13.2. The number of amides is 14. The zero-order valence-corrected chi connectivity index (χ0v) is 64.2. The van der Waals surface area contributed by atoms with Gasteiger partial charge in [-0.05, 0) is 44.9 Å². The summed E-state index contributed by atoms with van der Waals surface area (Å²) in [6, 6.07) is -22.9. The summed E-state index contributed by atoms with van der Waals surface area (Å²) in [7, 11) is 0. The topological polar surface area (TPSA) is 732 Å². The van der Waals surface area contributed by atoms with Gasteiger partial charge in [-0.2, -0.15) is 88.4 Å². The number of nitrogens with one attached hydrogen (secondary N) is 14. The molecule has 0 heterocycles. The fourth-order valence-electron chi connectivity index (χ4n) is 8.75. The molecule has 52 heteroatoms. The molecule has 0 aromatic rings. The molecule has 0 aliphatic heterocycles. The van der Waals surface area contributed by atoms with E-state index in [4.69, 9.17) is 15.9 Å². The molecule has 0 spiro atoms. The first-order valence-electron chi connectivity index (χ1n) is 32.5. The van der Waals surface area contributed by atoms with Gasteiger partial charge in [0.05, 0.1) is 0 Å². The summed E-state index contributed by atoms with van der Waals surface area (Å²) in [4.78, 5) is 275. The summed E-state index contributed by atoms with van der Waals surface area (Å²) in [5.41, 5.74) is 5.37. The van der Waals surface area contributed by atoms with Crippen LogP contribution >= 0.6 is 88.4 Å². The van der Waals surface area contributed by atoms with Crippen molar-refractivity contribution in [3.63, 3.8) is 0 Å². The van der Waals surface area contributed by atoms with Crippen LogP contribution in [0.15, 0.2) is 0 Å². The minimum atomic E-state index is -1.87. The van der Waals surface area contributed by atoms with Crippen LogP contribution < -0.4 is 80.2 Å². The quantitative estimate of drug-likeness (QED) is 0.0251. The first-order valence-corrected chi connectivity index (χ1v) is 36.9. The zero-order valence-electron chi connectivity index (χ0n) is 57.9. The monoisotopic (exact) mass is 1700 g/mol. The number of carboxylic acid groups (broad SMARTS) is 8. The fraction of sp³-hybridized carbons (Fsp3) is 0.621. The van der Waals surface area contributed by atoms with Crippen LogP contribution in [0.3, 0.4) is 0 Å². The number of aliphatic carboxylic acids is 8. The molecule has 24 N–H and O–H groups in total. The minimum Gasteiger partial charge on any atom is -0.480 e. The molecule has 0 bridgehead atoms. The van der Waals surface area contributed by atoms with Gasteiger partial charge in [0.25, 0.3) is 0 Å². The Kier molecular flexibility index (Phi) is 49.1. The Morgan fingerprint density at radius 1 is 0.218 bits per heavy atom. The second-order valence-electron chi connectivity index (χ2n) is 23.3. The Bertz CT molecular complexity index is 3330. The SMILES string of the molecule is N[C@@H](CCC(=O)N[C@@H](CS)C(=O)N[C@@H](CCC(=O)N[C@@H](CS)C(=O)N[C@@H](CCC(=O)N[C@@H](CS)C(=O)N[C@@H](CCC(=O)N[C@@H](CS)C(=O)N[C@@H](CCC(=O)N[C@@H](CS)C(=O)N[C@@H](CCC(=O)N[C@@H](CS)C(=O)N[C@@H](CCC(=O)N[C@@H](CS)C(=O)NCC(=O)O)C(=O)O)C(=O)O)C(=O)O)C(=O)O)C(=O)O)C(=O)O)C(=O)O. The van der Waals surface area contributed by atoms with Crippen LogP contribution in [0, 0.1) is 0 Å². The smallest absolute Gasteiger partial charge is 0.326 e. The molecule has 0 aliphatic carbocycles. The molecule has 0 rings (SSSR count). The maximum absolute atomic E-state index is 13.2.